The summed E-state index contributed by atoms with van der Waals surface area (Å²) in [5.41, 5.74) is 2.03. The van der Waals surface area contributed by atoms with E-state index in [1.807, 2.05) is 29.2 Å². The van der Waals surface area contributed by atoms with Gasteiger partial charge < -0.3 is 10.2 Å². The van der Waals surface area contributed by atoms with Gasteiger partial charge >= 0.3 is 0 Å². The molecule has 1 N–H and O–H groups in total. The molecule has 2 fully saturated rings. The maximum Gasteiger partial charge on any atom is 0.230 e. The van der Waals surface area contributed by atoms with Crippen LogP contribution in [0.4, 0.5) is 0 Å². The smallest absolute Gasteiger partial charge is 0.230 e. The second kappa shape index (κ2) is 8.28. The van der Waals surface area contributed by atoms with Crippen LogP contribution < -0.4 is 5.32 Å². The number of nitrogens with one attached hydrogen (secondary N) is 1. The highest BCUT2D eigenvalue weighted by atomic mass is 35.5. The minimum absolute atomic E-state index is 0.0440. The summed E-state index contributed by atoms with van der Waals surface area (Å²) in [6.45, 7) is 2.04. The van der Waals surface area contributed by atoms with Crippen LogP contribution in [0.25, 0.3) is 0 Å². The summed E-state index contributed by atoms with van der Waals surface area (Å²) in [7, 11) is 0. The standard InChI is InChI=1S/C23H29ClN2O2/c24-20-8-6-19(7-9-20)23(12-3-13-23)22(28)25-14-10-21(27)26-15-11-17-4-1-2-5-18(17)16-26/h5-9,17H,1-4,10-16H2,(H,25,28). The van der Waals surface area contributed by atoms with Crippen LogP contribution in [-0.4, -0.2) is 36.3 Å². The summed E-state index contributed by atoms with van der Waals surface area (Å²) in [5.74, 6) is 0.886. The monoisotopic (exact) mass is 400 g/mol. The fourth-order valence-electron chi connectivity index (χ4n) is 4.91. The van der Waals surface area contributed by atoms with Crippen LogP contribution in [-0.2, 0) is 15.0 Å². The van der Waals surface area contributed by atoms with E-state index in [0.717, 1.165) is 50.8 Å². The molecule has 1 saturated heterocycles. The van der Waals surface area contributed by atoms with Crippen molar-refractivity contribution < 1.29 is 9.59 Å². The highest BCUT2D eigenvalue weighted by Gasteiger charge is 2.45. The average Bonchev–Trinajstić information content (AvgIpc) is 2.68. The lowest BCUT2D eigenvalue weighted by Crippen LogP contribution is -2.50. The Hall–Kier alpha value is -1.81. The minimum Gasteiger partial charge on any atom is -0.355 e. The number of fused-ring (bicyclic) bond motifs is 1. The first kappa shape index (κ1) is 19.5. The minimum atomic E-state index is -0.446. The van der Waals surface area contributed by atoms with Gasteiger partial charge in [-0.1, -0.05) is 41.8 Å². The number of likely N-dealkylation sites (tertiary alicyclic amines) is 1. The maximum atomic E-state index is 12.9. The topological polar surface area (TPSA) is 49.4 Å². The largest absolute Gasteiger partial charge is 0.355 e. The number of halogens is 1. The quantitative estimate of drug-likeness (QED) is 0.752. The summed E-state index contributed by atoms with van der Waals surface area (Å²) >= 11 is 5.99. The van der Waals surface area contributed by atoms with Gasteiger partial charge in [0.15, 0.2) is 0 Å². The lowest BCUT2D eigenvalue weighted by atomic mass is 9.64. The molecule has 1 heterocycles. The van der Waals surface area contributed by atoms with Crippen LogP contribution in [0.3, 0.4) is 0 Å². The predicted octanol–water partition coefficient (Wildman–Crippen LogP) is 4.23. The molecule has 1 atom stereocenters. The van der Waals surface area contributed by atoms with Crippen molar-refractivity contribution in [1.82, 2.24) is 10.2 Å². The normalized spacial score (nSPS) is 23.2. The number of allylic oxidation sites excluding steroid dienone is 1. The summed E-state index contributed by atoms with van der Waals surface area (Å²) < 4.78 is 0. The molecule has 0 bridgehead atoms. The van der Waals surface area contributed by atoms with Crippen LogP contribution in [0, 0.1) is 5.92 Å². The number of benzene rings is 1. The average molecular weight is 401 g/mol. The van der Waals surface area contributed by atoms with E-state index < -0.39 is 5.41 Å². The molecular formula is C23H29ClN2O2. The summed E-state index contributed by atoms with van der Waals surface area (Å²) in [6.07, 6.45) is 10.3. The molecule has 0 spiro atoms. The molecule has 1 aliphatic heterocycles. The zero-order valence-corrected chi connectivity index (χ0v) is 17.1. The van der Waals surface area contributed by atoms with Crippen LogP contribution >= 0.6 is 11.6 Å². The third kappa shape index (κ3) is 3.84. The molecule has 2 amide bonds. The molecule has 1 aromatic rings. The first-order valence-electron chi connectivity index (χ1n) is 10.6. The number of hydrogen-bond donors (Lipinski definition) is 1. The molecule has 28 heavy (non-hydrogen) atoms. The summed E-state index contributed by atoms with van der Waals surface area (Å²) in [5, 5.41) is 3.71. The Bertz CT molecular complexity index is 767. The van der Waals surface area contributed by atoms with Crippen molar-refractivity contribution in [3.8, 4) is 0 Å². The van der Waals surface area contributed by atoms with Crippen molar-refractivity contribution in [3.63, 3.8) is 0 Å². The Kier molecular flexibility index (Phi) is 5.77. The van der Waals surface area contributed by atoms with Crippen LogP contribution in [0.15, 0.2) is 35.9 Å². The molecule has 1 saturated carbocycles. The highest BCUT2D eigenvalue weighted by molar-refractivity contribution is 6.30. The number of amides is 2. The Balaban J connectivity index is 1.29. The van der Waals surface area contributed by atoms with E-state index in [4.69, 9.17) is 11.6 Å². The van der Waals surface area contributed by atoms with Gasteiger partial charge in [0, 0.05) is 31.1 Å². The predicted molar refractivity (Wildman–Crippen MR) is 111 cm³/mol. The second-order valence-corrected chi connectivity index (χ2v) is 8.90. The van der Waals surface area contributed by atoms with Gasteiger partial charge in [0.25, 0.3) is 0 Å². The third-order valence-electron chi connectivity index (χ3n) is 6.82. The molecule has 4 rings (SSSR count). The molecule has 4 nitrogen and oxygen atoms in total. The van der Waals surface area contributed by atoms with Crippen LogP contribution in [0.5, 0.6) is 0 Å². The van der Waals surface area contributed by atoms with Gasteiger partial charge in [0.05, 0.1) is 5.41 Å². The molecule has 0 aromatic heterocycles. The number of rotatable bonds is 5. The zero-order chi connectivity index (χ0) is 19.6. The van der Waals surface area contributed by atoms with Gasteiger partial charge in [-0.2, -0.15) is 0 Å². The SMILES string of the molecule is O=C(CCNC(=O)C1(c2ccc(Cl)cc2)CCC1)N1CCC2CCCC=C2C1. The molecule has 5 heteroatoms. The summed E-state index contributed by atoms with van der Waals surface area (Å²) in [4.78, 5) is 27.5. The van der Waals surface area contributed by atoms with E-state index in [0.29, 0.717) is 23.9 Å². The van der Waals surface area contributed by atoms with Gasteiger partial charge in [0.2, 0.25) is 11.8 Å². The van der Waals surface area contributed by atoms with Gasteiger partial charge in [0.1, 0.15) is 0 Å². The van der Waals surface area contributed by atoms with E-state index in [9.17, 15) is 9.59 Å². The van der Waals surface area contributed by atoms with Crippen molar-refractivity contribution >= 4 is 23.4 Å². The van der Waals surface area contributed by atoms with Gasteiger partial charge in [-0.15, -0.1) is 0 Å². The third-order valence-corrected chi connectivity index (χ3v) is 7.08. The Morgan fingerprint density at radius 2 is 1.93 bits per heavy atom. The first-order valence-corrected chi connectivity index (χ1v) is 11.0. The first-order chi connectivity index (χ1) is 13.6. The Morgan fingerprint density at radius 3 is 2.64 bits per heavy atom. The van der Waals surface area contributed by atoms with E-state index in [1.54, 1.807) is 0 Å². The van der Waals surface area contributed by atoms with Crippen molar-refractivity contribution in [3.05, 3.63) is 46.5 Å². The molecule has 1 aromatic carbocycles. The molecule has 3 aliphatic rings. The molecule has 150 valence electrons. The van der Waals surface area contributed by atoms with E-state index in [1.165, 1.54) is 18.4 Å². The van der Waals surface area contributed by atoms with E-state index in [-0.39, 0.29) is 11.8 Å². The van der Waals surface area contributed by atoms with Crippen LogP contribution in [0.1, 0.15) is 56.9 Å². The van der Waals surface area contributed by atoms with Crippen molar-refractivity contribution in [2.24, 2.45) is 5.92 Å². The Labute approximate surface area is 172 Å². The molecule has 0 radical (unpaired) electrons. The zero-order valence-electron chi connectivity index (χ0n) is 16.4. The molecule has 2 aliphatic carbocycles. The number of nitrogens with zero attached hydrogens (tertiary/aromatic N) is 1. The van der Waals surface area contributed by atoms with Crippen molar-refractivity contribution in [1.29, 1.82) is 0 Å². The lowest BCUT2D eigenvalue weighted by molar-refractivity contribution is -0.132. The molecule has 1 unspecified atom stereocenters. The van der Waals surface area contributed by atoms with Crippen LogP contribution in [0.2, 0.25) is 5.02 Å². The number of carbonyl (C=O) groups is 2. The van der Waals surface area contributed by atoms with Crippen molar-refractivity contribution in [2.45, 2.75) is 56.8 Å². The van der Waals surface area contributed by atoms with E-state index >= 15 is 0 Å². The number of piperidine rings is 1. The second-order valence-electron chi connectivity index (χ2n) is 8.46. The number of carbonyl (C=O) groups excluding carboxylic acids is 2. The van der Waals surface area contributed by atoms with Gasteiger partial charge in [-0.3, -0.25) is 9.59 Å². The van der Waals surface area contributed by atoms with Gasteiger partial charge in [-0.25, -0.2) is 0 Å². The fourth-order valence-corrected chi connectivity index (χ4v) is 5.03. The van der Waals surface area contributed by atoms with Gasteiger partial charge in [-0.05, 0) is 62.1 Å². The lowest BCUT2D eigenvalue weighted by Gasteiger charge is -2.41. The highest BCUT2D eigenvalue weighted by Crippen LogP contribution is 2.44. The molecular weight excluding hydrogens is 372 g/mol. The maximum absolute atomic E-state index is 12.9. The number of hydrogen-bond acceptors (Lipinski definition) is 2. The summed E-state index contributed by atoms with van der Waals surface area (Å²) in [6, 6.07) is 7.59. The Morgan fingerprint density at radius 1 is 1.14 bits per heavy atom. The van der Waals surface area contributed by atoms with Crippen molar-refractivity contribution in [2.75, 3.05) is 19.6 Å². The fraction of sp³-hybridized carbons (Fsp3) is 0.565. The van der Waals surface area contributed by atoms with E-state index in [2.05, 4.69) is 11.4 Å².